The minimum absolute atomic E-state index is 0.0605. The Hall–Kier alpha value is -3.74. The second kappa shape index (κ2) is 8.43. The van der Waals surface area contributed by atoms with Crippen molar-refractivity contribution >= 4 is 45.9 Å². The van der Waals surface area contributed by atoms with Crippen molar-refractivity contribution in [1.29, 1.82) is 0 Å². The fraction of sp³-hybridized carbons (Fsp3) is 0.304. The predicted octanol–water partition coefficient (Wildman–Crippen LogP) is 3.33. The monoisotopic (exact) mass is 514 g/mol. The Morgan fingerprint density at radius 2 is 1.72 bits per heavy atom. The van der Waals surface area contributed by atoms with Crippen molar-refractivity contribution in [3.63, 3.8) is 0 Å². The van der Waals surface area contributed by atoms with Gasteiger partial charge >= 0.3 is 6.18 Å². The molecule has 3 aromatic heterocycles. The van der Waals surface area contributed by atoms with Gasteiger partial charge in [-0.2, -0.15) is 17.7 Å². The first kappa shape index (κ1) is 22.7. The zero-order chi connectivity index (χ0) is 25.0. The lowest BCUT2D eigenvalue weighted by molar-refractivity contribution is -0.137. The van der Waals surface area contributed by atoms with Crippen molar-refractivity contribution in [3.05, 3.63) is 54.1 Å². The van der Waals surface area contributed by atoms with Crippen LogP contribution < -0.4 is 4.90 Å². The third-order valence-electron chi connectivity index (χ3n) is 6.46. The third-order valence-corrected chi connectivity index (χ3v) is 7.37. The number of hydrogen-bond donors (Lipinski definition) is 0. The van der Waals surface area contributed by atoms with Crippen LogP contribution in [0.15, 0.2) is 53.7 Å². The molecule has 0 unspecified atom stereocenters. The van der Waals surface area contributed by atoms with Gasteiger partial charge in [0.15, 0.2) is 0 Å². The number of nitrogens with zero attached hydrogens (tertiary/aromatic N) is 8. The lowest BCUT2D eigenvalue weighted by atomic mass is 10.1. The number of piperazine rings is 1. The van der Waals surface area contributed by atoms with Gasteiger partial charge in [-0.15, -0.1) is 15.3 Å². The van der Waals surface area contributed by atoms with Gasteiger partial charge in [0.1, 0.15) is 0 Å². The molecule has 0 saturated carbocycles. The quantitative estimate of drug-likeness (QED) is 0.343. The highest BCUT2D eigenvalue weighted by atomic mass is 32.2. The molecule has 13 heteroatoms. The molecule has 9 nitrogen and oxygen atoms in total. The first-order valence-electron chi connectivity index (χ1n) is 11.3. The lowest BCUT2D eigenvalue weighted by Crippen LogP contribution is -2.49. The van der Waals surface area contributed by atoms with Crippen LogP contribution in [0.1, 0.15) is 5.56 Å². The van der Waals surface area contributed by atoms with Gasteiger partial charge in [0.05, 0.1) is 22.3 Å². The fourth-order valence-electron chi connectivity index (χ4n) is 4.59. The van der Waals surface area contributed by atoms with E-state index >= 15 is 0 Å². The second-order valence-corrected chi connectivity index (χ2v) is 9.52. The Labute approximate surface area is 207 Å². The number of alkyl halides is 3. The van der Waals surface area contributed by atoms with Gasteiger partial charge in [-0.3, -0.25) is 4.79 Å². The molecule has 2 aromatic carbocycles. The van der Waals surface area contributed by atoms with Crippen LogP contribution in [0.25, 0.3) is 22.6 Å². The number of carbonyl (C=O) groups excluding carboxylic acids is 1. The molecule has 5 aromatic rings. The molecule has 1 fully saturated rings. The summed E-state index contributed by atoms with van der Waals surface area (Å²) in [6.45, 7) is 1.80. The number of imidazole rings is 1. The number of rotatable bonds is 4. The summed E-state index contributed by atoms with van der Waals surface area (Å²) in [4.78, 5) is 16.5. The van der Waals surface area contributed by atoms with Crippen LogP contribution in [0, 0.1) is 0 Å². The first-order chi connectivity index (χ1) is 17.3. The number of aryl methyl sites for hydroxylation is 1. The zero-order valence-electron chi connectivity index (χ0n) is 19.2. The Balaban J connectivity index is 1.12. The molecular formula is C23H21F3N8OS. The number of para-hydroxylation sites is 2. The van der Waals surface area contributed by atoms with Gasteiger partial charge in [0, 0.05) is 38.9 Å². The van der Waals surface area contributed by atoms with E-state index < -0.39 is 11.7 Å². The number of hydrogen-bond acceptors (Lipinski definition) is 6. The largest absolute Gasteiger partial charge is 0.416 e. The molecule has 0 aliphatic carbocycles. The highest BCUT2D eigenvalue weighted by Gasteiger charge is 2.31. The van der Waals surface area contributed by atoms with Gasteiger partial charge in [0.2, 0.25) is 16.8 Å². The Kier molecular flexibility index (Phi) is 5.32. The van der Waals surface area contributed by atoms with Crippen LogP contribution in [0.5, 0.6) is 0 Å². The minimum Gasteiger partial charge on any atom is -0.368 e. The van der Waals surface area contributed by atoms with Gasteiger partial charge < -0.3 is 14.4 Å². The van der Waals surface area contributed by atoms with Crippen LogP contribution in [-0.2, 0) is 18.0 Å². The number of benzene rings is 2. The molecule has 0 spiro atoms. The Bertz CT molecular complexity index is 1600. The molecule has 0 radical (unpaired) electrons. The van der Waals surface area contributed by atoms with Gasteiger partial charge in [-0.1, -0.05) is 30.0 Å². The van der Waals surface area contributed by atoms with Crippen LogP contribution >= 0.6 is 11.8 Å². The molecule has 36 heavy (non-hydrogen) atoms. The van der Waals surface area contributed by atoms with Crippen molar-refractivity contribution < 1.29 is 18.0 Å². The van der Waals surface area contributed by atoms with E-state index in [9.17, 15) is 18.0 Å². The number of halogens is 3. The molecule has 0 bridgehead atoms. The summed E-state index contributed by atoms with van der Waals surface area (Å²) in [7, 11) is 1.94. The molecule has 186 valence electrons. The van der Waals surface area contributed by atoms with Crippen molar-refractivity contribution in [2.45, 2.75) is 11.3 Å². The van der Waals surface area contributed by atoms with E-state index in [1.54, 1.807) is 15.5 Å². The number of fused-ring (bicyclic) bond motifs is 5. The van der Waals surface area contributed by atoms with E-state index in [0.717, 1.165) is 28.9 Å². The number of thioether (sulfide) groups is 1. The van der Waals surface area contributed by atoms with Crippen LogP contribution in [0.3, 0.4) is 0 Å². The summed E-state index contributed by atoms with van der Waals surface area (Å²) in [5.41, 5.74) is 1.83. The van der Waals surface area contributed by atoms with Gasteiger partial charge in [-0.25, -0.2) is 4.40 Å². The smallest absolute Gasteiger partial charge is 0.368 e. The minimum atomic E-state index is -4.38. The number of anilines is 1. The average Bonchev–Trinajstić information content (AvgIpc) is 3.53. The van der Waals surface area contributed by atoms with E-state index in [0.29, 0.717) is 42.8 Å². The average molecular weight is 515 g/mol. The summed E-state index contributed by atoms with van der Waals surface area (Å²) in [5.74, 6) is 1.40. The van der Waals surface area contributed by atoms with Gasteiger partial charge in [-0.05, 0) is 30.3 Å². The van der Waals surface area contributed by atoms with Crippen molar-refractivity contribution in [1.82, 2.24) is 33.7 Å². The molecule has 6 rings (SSSR count). The molecule has 1 amide bonds. The van der Waals surface area contributed by atoms with E-state index in [-0.39, 0.29) is 11.7 Å². The van der Waals surface area contributed by atoms with Crippen LogP contribution in [0.4, 0.5) is 18.9 Å². The van der Waals surface area contributed by atoms with E-state index in [1.165, 1.54) is 17.8 Å². The first-order valence-corrected chi connectivity index (χ1v) is 12.3. The van der Waals surface area contributed by atoms with Crippen molar-refractivity contribution in [3.8, 4) is 0 Å². The fourth-order valence-corrected chi connectivity index (χ4v) is 5.36. The van der Waals surface area contributed by atoms with E-state index in [1.807, 2.05) is 45.2 Å². The SMILES string of the molecule is Cn1c2ccccc2n2c1nn1c(SCC(=O)N3CCN(c4cccc(C(F)(F)F)c4)CC3)nnc12. The van der Waals surface area contributed by atoms with Crippen molar-refractivity contribution in [2.75, 3.05) is 36.8 Å². The topological polar surface area (TPSA) is 76.0 Å². The van der Waals surface area contributed by atoms with E-state index in [4.69, 9.17) is 0 Å². The second-order valence-electron chi connectivity index (χ2n) is 8.58. The molecule has 0 N–H and O–H groups in total. The Morgan fingerprint density at radius 3 is 2.47 bits per heavy atom. The highest BCUT2D eigenvalue weighted by molar-refractivity contribution is 7.99. The predicted molar refractivity (Wildman–Crippen MR) is 129 cm³/mol. The van der Waals surface area contributed by atoms with Crippen LogP contribution in [0.2, 0.25) is 0 Å². The molecular weight excluding hydrogens is 493 g/mol. The summed E-state index contributed by atoms with van der Waals surface area (Å²) in [6.07, 6.45) is -4.38. The number of aromatic nitrogens is 6. The van der Waals surface area contributed by atoms with Crippen molar-refractivity contribution in [2.24, 2.45) is 7.05 Å². The highest BCUT2D eigenvalue weighted by Crippen LogP contribution is 2.32. The van der Waals surface area contributed by atoms with Crippen LogP contribution in [-0.4, -0.2) is 71.5 Å². The van der Waals surface area contributed by atoms with Gasteiger partial charge in [0.25, 0.3) is 5.78 Å². The molecule has 1 aliphatic heterocycles. The zero-order valence-corrected chi connectivity index (χ0v) is 20.0. The van der Waals surface area contributed by atoms with E-state index in [2.05, 4.69) is 15.3 Å². The summed E-state index contributed by atoms with van der Waals surface area (Å²) in [6, 6.07) is 13.2. The maximum absolute atomic E-state index is 13.0. The third kappa shape index (κ3) is 3.74. The molecule has 1 aliphatic rings. The standard InChI is InChI=1S/C23H21F3N8OS/c1-30-17-7-2-3-8-18(17)33-20-27-28-22(34(20)29-21(30)33)36-14-19(35)32-11-9-31(10-12-32)16-6-4-5-15(13-16)23(24,25)26/h2-8,13H,9-12,14H2,1H3. The maximum atomic E-state index is 13.0. The summed E-state index contributed by atoms with van der Waals surface area (Å²) in [5, 5.41) is 13.7. The summed E-state index contributed by atoms with van der Waals surface area (Å²) < 4.78 is 44.7. The molecule has 0 atom stereocenters. The Morgan fingerprint density at radius 1 is 0.972 bits per heavy atom. The lowest BCUT2D eigenvalue weighted by Gasteiger charge is -2.36. The number of amides is 1. The summed E-state index contributed by atoms with van der Waals surface area (Å²) >= 11 is 1.26. The maximum Gasteiger partial charge on any atom is 0.416 e. The normalized spacial score (nSPS) is 15.0. The molecule has 1 saturated heterocycles. The molecule has 4 heterocycles. The number of carbonyl (C=O) groups is 1.